The molecule has 6 heteroatoms. The summed E-state index contributed by atoms with van der Waals surface area (Å²) in [5.41, 5.74) is 1.32. The summed E-state index contributed by atoms with van der Waals surface area (Å²) in [4.78, 5) is 31.7. The normalized spacial score (nSPS) is 19.3. The van der Waals surface area contributed by atoms with Crippen molar-refractivity contribution in [3.63, 3.8) is 0 Å². The average Bonchev–Trinajstić information content (AvgIpc) is 2.88. The number of carbonyl (C=O) groups is 2. The van der Waals surface area contributed by atoms with Gasteiger partial charge in [0.1, 0.15) is 5.75 Å². The van der Waals surface area contributed by atoms with Crippen molar-refractivity contribution in [1.29, 1.82) is 0 Å². The van der Waals surface area contributed by atoms with E-state index in [4.69, 9.17) is 4.74 Å². The fourth-order valence-corrected chi connectivity index (χ4v) is 4.76. The molecule has 0 bridgehead atoms. The number of piperazine rings is 1. The third-order valence-corrected chi connectivity index (χ3v) is 6.72. The third-order valence-electron chi connectivity index (χ3n) is 6.72. The Kier molecular flexibility index (Phi) is 8.36. The minimum absolute atomic E-state index is 0.0319. The molecule has 1 atom stereocenters. The molecule has 0 radical (unpaired) electrons. The van der Waals surface area contributed by atoms with Crippen LogP contribution in [0.4, 0.5) is 0 Å². The second-order valence-corrected chi connectivity index (χ2v) is 9.13. The number of piperidine rings is 1. The van der Waals surface area contributed by atoms with Gasteiger partial charge in [0.25, 0.3) is 5.91 Å². The third kappa shape index (κ3) is 7.06. The highest BCUT2D eigenvalue weighted by Gasteiger charge is 2.26. The molecule has 0 saturated carbocycles. The smallest absolute Gasteiger partial charge is 0.260 e. The van der Waals surface area contributed by atoms with E-state index in [1.807, 2.05) is 46.2 Å². The molecule has 0 N–H and O–H groups in total. The Morgan fingerprint density at radius 2 is 1.52 bits per heavy atom. The Morgan fingerprint density at radius 3 is 2.24 bits per heavy atom. The van der Waals surface area contributed by atoms with Crippen molar-refractivity contribution in [2.45, 2.75) is 32.2 Å². The molecule has 2 fully saturated rings. The molecule has 176 valence electrons. The van der Waals surface area contributed by atoms with Crippen LogP contribution in [0.1, 0.15) is 31.2 Å². The summed E-state index contributed by atoms with van der Waals surface area (Å²) < 4.78 is 5.62. The zero-order valence-corrected chi connectivity index (χ0v) is 19.4. The van der Waals surface area contributed by atoms with Gasteiger partial charge in [-0.3, -0.25) is 14.5 Å². The predicted octanol–water partition coefficient (Wildman–Crippen LogP) is 3.43. The number of hydrogen-bond donors (Lipinski definition) is 0. The fourth-order valence-electron chi connectivity index (χ4n) is 4.76. The second-order valence-electron chi connectivity index (χ2n) is 9.13. The fraction of sp³-hybridized carbons (Fsp3) is 0.481. The Morgan fingerprint density at radius 1 is 0.818 bits per heavy atom. The molecule has 33 heavy (non-hydrogen) atoms. The summed E-state index contributed by atoms with van der Waals surface area (Å²) in [6.07, 6.45) is 3.51. The molecule has 0 aromatic heterocycles. The zero-order valence-electron chi connectivity index (χ0n) is 19.4. The first kappa shape index (κ1) is 23.3. The van der Waals surface area contributed by atoms with E-state index in [2.05, 4.69) is 29.2 Å². The van der Waals surface area contributed by atoms with Gasteiger partial charge in [0.2, 0.25) is 5.91 Å². The number of carbonyl (C=O) groups excluding carboxylic acids is 2. The lowest BCUT2D eigenvalue weighted by Crippen LogP contribution is -2.48. The highest BCUT2D eigenvalue weighted by atomic mass is 16.5. The van der Waals surface area contributed by atoms with Gasteiger partial charge in [-0.2, -0.15) is 0 Å². The van der Waals surface area contributed by atoms with Gasteiger partial charge >= 0.3 is 0 Å². The maximum absolute atomic E-state index is 12.8. The van der Waals surface area contributed by atoms with Gasteiger partial charge in [-0.1, -0.05) is 48.5 Å². The molecule has 2 heterocycles. The highest BCUT2D eigenvalue weighted by molar-refractivity contribution is 5.78. The number of hydrogen-bond acceptors (Lipinski definition) is 4. The topological polar surface area (TPSA) is 53.1 Å². The summed E-state index contributed by atoms with van der Waals surface area (Å²) in [5, 5.41) is 0. The minimum atomic E-state index is 0.0319. The van der Waals surface area contributed by atoms with Crippen LogP contribution in [0.2, 0.25) is 0 Å². The summed E-state index contributed by atoms with van der Waals surface area (Å²) in [6, 6.07) is 20.0. The average molecular weight is 450 g/mol. The molecule has 6 nitrogen and oxygen atoms in total. The first-order valence-electron chi connectivity index (χ1n) is 12.2. The molecule has 2 saturated heterocycles. The van der Waals surface area contributed by atoms with Crippen molar-refractivity contribution in [2.24, 2.45) is 5.92 Å². The van der Waals surface area contributed by atoms with Crippen LogP contribution in [-0.4, -0.2) is 72.4 Å². The van der Waals surface area contributed by atoms with Crippen molar-refractivity contribution >= 4 is 11.8 Å². The molecular weight excluding hydrogens is 414 g/mol. The minimum Gasteiger partial charge on any atom is -0.484 e. The van der Waals surface area contributed by atoms with Gasteiger partial charge < -0.3 is 14.5 Å². The molecule has 0 spiro atoms. The van der Waals surface area contributed by atoms with E-state index in [1.54, 1.807) is 0 Å². The number of nitrogens with zero attached hydrogens (tertiary/aromatic N) is 3. The van der Waals surface area contributed by atoms with Crippen LogP contribution in [0.5, 0.6) is 5.75 Å². The van der Waals surface area contributed by atoms with Gasteiger partial charge in [0.15, 0.2) is 6.61 Å². The summed E-state index contributed by atoms with van der Waals surface area (Å²) in [6.45, 7) is 5.99. The van der Waals surface area contributed by atoms with E-state index in [1.165, 1.54) is 5.56 Å². The van der Waals surface area contributed by atoms with E-state index in [0.29, 0.717) is 18.1 Å². The predicted molar refractivity (Wildman–Crippen MR) is 129 cm³/mol. The molecule has 2 amide bonds. The van der Waals surface area contributed by atoms with Gasteiger partial charge in [-0.15, -0.1) is 0 Å². The number of ether oxygens (including phenoxy) is 1. The Balaban J connectivity index is 1.15. The van der Waals surface area contributed by atoms with E-state index < -0.39 is 0 Å². The first-order chi connectivity index (χ1) is 16.2. The maximum atomic E-state index is 12.8. The second kappa shape index (κ2) is 11.8. The molecule has 0 unspecified atom stereocenters. The van der Waals surface area contributed by atoms with E-state index >= 15 is 0 Å². The molecule has 2 aliphatic heterocycles. The van der Waals surface area contributed by atoms with E-state index in [-0.39, 0.29) is 18.4 Å². The van der Waals surface area contributed by atoms with Crippen LogP contribution in [0.25, 0.3) is 0 Å². The number of benzene rings is 2. The number of likely N-dealkylation sites (tertiary alicyclic amines) is 1. The van der Waals surface area contributed by atoms with Crippen molar-refractivity contribution in [1.82, 2.24) is 14.7 Å². The van der Waals surface area contributed by atoms with Gasteiger partial charge in [0, 0.05) is 52.2 Å². The van der Waals surface area contributed by atoms with Gasteiger partial charge in [-0.25, -0.2) is 0 Å². The number of para-hydroxylation sites is 1. The van der Waals surface area contributed by atoms with Crippen LogP contribution >= 0.6 is 0 Å². The largest absolute Gasteiger partial charge is 0.484 e. The maximum Gasteiger partial charge on any atom is 0.260 e. The molecule has 2 aliphatic rings. The van der Waals surface area contributed by atoms with Crippen molar-refractivity contribution in [3.8, 4) is 5.75 Å². The summed E-state index contributed by atoms with van der Waals surface area (Å²) >= 11 is 0. The monoisotopic (exact) mass is 449 g/mol. The molecule has 4 rings (SSSR count). The van der Waals surface area contributed by atoms with Crippen molar-refractivity contribution in [3.05, 3.63) is 66.2 Å². The number of amides is 2. The molecule has 0 aliphatic carbocycles. The first-order valence-corrected chi connectivity index (χ1v) is 12.2. The van der Waals surface area contributed by atoms with Crippen LogP contribution in [0.3, 0.4) is 0 Å². The van der Waals surface area contributed by atoms with E-state index in [9.17, 15) is 9.59 Å². The standard InChI is InChI=1S/C27H35N3O3/c31-26(29-18-16-28(17-19-29)20-23-8-3-1-4-9-23)14-13-24-10-7-15-30(21-24)27(32)22-33-25-11-5-2-6-12-25/h1-6,8-9,11-12,24H,7,10,13-22H2/t24-/m0/s1. The van der Waals surface area contributed by atoms with Crippen LogP contribution in [0, 0.1) is 5.92 Å². The molecule has 2 aromatic carbocycles. The SMILES string of the molecule is O=C(CC[C@@H]1CCCN(C(=O)COc2ccccc2)C1)N1CCN(Cc2ccccc2)CC1. The van der Waals surface area contributed by atoms with Crippen LogP contribution in [0.15, 0.2) is 60.7 Å². The lowest BCUT2D eigenvalue weighted by molar-refractivity contribution is -0.135. The Labute approximate surface area is 197 Å². The Hall–Kier alpha value is -2.86. The van der Waals surface area contributed by atoms with Gasteiger partial charge in [-0.05, 0) is 42.9 Å². The van der Waals surface area contributed by atoms with Gasteiger partial charge in [0.05, 0.1) is 0 Å². The summed E-state index contributed by atoms with van der Waals surface area (Å²) in [7, 11) is 0. The Bertz CT molecular complexity index is 882. The van der Waals surface area contributed by atoms with Crippen molar-refractivity contribution in [2.75, 3.05) is 45.9 Å². The van der Waals surface area contributed by atoms with Crippen LogP contribution < -0.4 is 4.74 Å². The highest BCUT2D eigenvalue weighted by Crippen LogP contribution is 2.22. The van der Waals surface area contributed by atoms with Crippen molar-refractivity contribution < 1.29 is 14.3 Å². The number of rotatable bonds is 8. The molecule has 2 aromatic rings. The lowest BCUT2D eigenvalue weighted by Gasteiger charge is -2.36. The quantitative estimate of drug-likeness (QED) is 0.620. The molecular formula is C27H35N3O3. The zero-order chi connectivity index (χ0) is 22.9. The lowest BCUT2D eigenvalue weighted by atomic mass is 9.93. The van der Waals surface area contributed by atoms with E-state index in [0.717, 1.165) is 65.1 Å². The van der Waals surface area contributed by atoms with Crippen LogP contribution in [-0.2, 0) is 16.1 Å². The summed E-state index contributed by atoms with van der Waals surface area (Å²) in [5.74, 6) is 1.39.